The van der Waals surface area contributed by atoms with Gasteiger partial charge in [-0.1, -0.05) is 0 Å². The van der Waals surface area contributed by atoms with Crippen LogP contribution >= 0.6 is 11.6 Å². The van der Waals surface area contributed by atoms with Gasteiger partial charge in [0.15, 0.2) is 0 Å². The van der Waals surface area contributed by atoms with E-state index in [9.17, 15) is 9.59 Å². The molecule has 4 nitrogen and oxygen atoms in total. The normalized spacial score (nSPS) is 25.4. The van der Waals surface area contributed by atoms with Crippen LogP contribution in [0, 0.1) is 35.5 Å². The van der Waals surface area contributed by atoms with E-state index in [0.29, 0.717) is 17.0 Å². The molecule has 4 rings (SSSR count). The first-order valence-electron chi connectivity index (χ1n) is 13.0. The van der Waals surface area contributed by atoms with Crippen LogP contribution in [-0.2, 0) is 14.0 Å². The Morgan fingerprint density at radius 3 is 2.49 bits per heavy atom. The van der Waals surface area contributed by atoms with Crippen LogP contribution in [0.25, 0.3) is 0 Å². The van der Waals surface area contributed by atoms with Crippen molar-refractivity contribution in [1.29, 1.82) is 0 Å². The number of rotatable bonds is 6. The molecule has 0 heterocycles. The summed E-state index contributed by atoms with van der Waals surface area (Å²) in [6.45, 7) is 10.9. The molecule has 0 bridgehead atoms. The molecule has 0 unspecified atom stereocenters. The van der Waals surface area contributed by atoms with E-state index in [2.05, 4.69) is 57.5 Å². The van der Waals surface area contributed by atoms with E-state index < -0.39 is 45.8 Å². The molecule has 0 N–H and O–H groups in total. The summed E-state index contributed by atoms with van der Waals surface area (Å²) in [5.41, 5.74) is 0.303. The maximum atomic E-state index is 14.2. The number of ketones is 1. The van der Waals surface area contributed by atoms with Gasteiger partial charge in [0.1, 0.15) is 0 Å². The van der Waals surface area contributed by atoms with Crippen LogP contribution in [0.4, 0.5) is 0 Å². The first kappa shape index (κ1) is 29.4. The molecule has 2 aromatic rings. The zero-order valence-electron chi connectivity index (χ0n) is 22.9. The van der Waals surface area contributed by atoms with Gasteiger partial charge in [0.25, 0.3) is 0 Å². The number of benzene rings is 2. The molecule has 0 radical (unpaired) electrons. The Hall–Kier alpha value is -2.57. The average molecular weight is 624 g/mol. The minimum absolute atomic E-state index is 0.0809. The van der Waals surface area contributed by atoms with E-state index >= 15 is 0 Å². The number of carbonyl (C=O) groups is 2. The SMILES string of the molecule is CC(C)(C)[Si](C)(C)O[C@H]1C#C/C=C\C#CC[C@@H]2CC(=O)[C@@](OC(=O)c3cccc(Cl)c3)([Se]c3ccccc3)[C@H]21. The predicted molar refractivity (Wildman–Crippen MR) is 159 cm³/mol. The first-order valence-corrected chi connectivity index (χ1v) is 18.0. The molecule has 0 saturated heterocycles. The molecule has 2 aliphatic rings. The summed E-state index contributed by atoms with van der Waals surface area (Å²) >= 11 is 5.64. The van der Waals surface area contributed by atoms with E-state index in [1.807, 2.05) is 30.3 Å². The summed E-state index contributed by atoms with van der Waals surface area (Å²) in [4.78, 5) is 27.8. The van der Waals surface area contributed by atoms with Gasteiger partial charge in [-0.05, 0) is 0 Å². The summed E-state index contributed by atoms with van der Waals surface area (Å²) in [6.07, 6.45) is 3.58. The Balaban J connectivity index is 1.88. The molecule has 2 aromatic carbocycles. The number of allylic oxidation sites excluding steroid dienone is 2. The third-order valence-corrected chi connectivity index (χ3v) is 15.2. The van der Waals surface area contributed by atoms with Gasteiger partial charge < -0.3 is 0 Å². The maximum absolute atomic E-state index is 14.2. The van der Waals surface area contributed by atoms with Crippen molar-refractivity contribution < 1.29 is 18.8 Å². The van der Waals surface area contributed by atoms with Gasteiger partial charge in [0, 0.05) is 0 Å². The second kappa shape index (κ2) is 11.9. The number of ether oxygens (including phenoxy) is 1. The number of esters is 1. The zero-order chi connectivity index (χ0) is 28.3. The van der Waals surface area contributed by atoms with Gasteiger partial charge in [-0.3, -0.25) is 0 Å². The number of Topliss-reactive ketones (excluding diaryl/α,β-unsaturated/α-hetero) is 1. The molecule has 0 aliphatic heterocycles. The number of halogens is 1. The molecule has 0 spiro atoms. The van der Waals surface area contributed by atoms with Crippen molar-refractivity contribution in [2.45, 2.75) is 62.3 Å². The molecular weight excluding hydrogens is 591 g/mol. The summed E-state index contributed by atoms with van der Waals surface area (Å²) < 4.78 is 12.9. The molecule has 2 aliphatic carbocycles. The Morgan fingerprint density at radius 1 is 1.08 bits per heavy atom. The minimum atomic E-state index is -2.33. The molecule has 0 amide bonds. The first-order chi connectivity index (χ1) is 18.4. The van der Waals surface area contributed by atoms with Gasteiger partial charge >= 0.3 is 245 Å². The third-order valence-electron chi connectivity index (χ3n) is 7.60. The molecule has 1 fully saturated rings. The molecule has 39 heavy (non-hydrogen) atoms. The molecular formula is C32H33ClO4SeSi. The predicted octanol–water partition coefficient (Wildman–Crippen LogP) is 5.79. The van der Waals surface area contributed by atoms with Gasteiger partial charge in [-0.2, -0.15) is 0 Å². The third kappa shape index (κ3) is 6.60. The topological polar surface area (TPSA) is 52.6 Å². The Bertz CT molecular complexity index is 1390. The van der Waals surface area contributed by atoms with Crippen LogP contribution in [0.1, 0.15) is 44.0 Å². The second-order valence-corrected chi connectivity index (χ2v) is 19.2. The van der Waals surface area contributed by atoms with Gasteiger partial charge in [0.2, 0.25) is 0 Å². The van der Waals surface area contributed by atoms with Crippen molar-refractivity contribution >= 4 is 51.1 Å². The fourth-order valence-electron chi connectivity index (χ4n) is 4.54. The van der Waals surface area contributed by atoms with E-state index in [4.69, 9.17) is 20.8 Å². The fraction of sp³-hybridized carbons (Fsp3) is 0.375. The van der Waals surface area contributed by atoms with E-state index in [0.717, 1.165) is 4.46 Å². The molecule has 7 heteroatoms. The second-order valence-electron chi connectivity index (χ2n) is 11.3. The van der Waals surface area contributed by atoms with Gasteiger partial charge in [-0.15, -0.1) is 0 Å². The number of fused-ring (bicyclic) bond motifs is 1. The van der Waals surface area contributed by atoms with E-state index in [-0.39, 0.29) is 23.2 Å². The summed E-state index contributed by atoms with van der Waals surface area (Å²) in [5.74, 6) is 11.3. The zero-order valence-corrected chi connectivity index (χ0v) is 26.4. The number of hydrogen-bond acceptors (Lipinski definition) is 4. The summed E-state index contributed by atoms with van der Waals surface area (Å²) in [7, 11) is -2.33. The van der Waals surface area contributed by atoms with Crippen molar-refractivity contribution in [2.75, 3.05) is 0 Å². The number of hydrogen-bond donors (Lipinski definition) is 0. The van der Waals surface area contributed by atoms with Gasteiger partial charge in [0.05, 0.1) is 0 Å². The van der Waals surface area contributed by atoms with Crippen LogP contribution in [0.3, 0.4) is 0 Å². The van der Waals surface area contributed by atoms with Crippen molar-refractivity contribution in [1.82, 2.24) is 0 Å². The van der Waals surface area contributed by atoms with Crippen molar-refractivity contribution in [3.05, 3.63) is 77.3 Å². The van der Waals surface area contributed by atoms with Gasteiger partial charge in [-0.25, -0.2) is 0 Å². The average Bonchev–Trinajstić information content (AvgIpc) is 3.13. The van der Waals surface area contributed by atoms with Crippen LogP contribution in [-0.4, -0.2) is 45.6 Å². The molecule has 0 aromatic heterocycles. The molecule has 1 saturated carbocycles. The van der Waals surface area contributed by atoms with Crippen LogP contribution in [0.5, 0.6) is 0 Å². The molecule has 202 valence electrons. The van der Waals surface area contributed by atoms with E-state index in [1.54, 1.807) is 36.4 Å². The Morgan fingerprint density at radius 2 is 1.79 bits per heavy atom. The van der Waals surface area contributed by atoms with Crippen LogP contribution < -0.4 is 4.46 Å². The summed E-state index contributed by atoms with van der Waals surface area (Å²) in [6, 6.07) is 16.4. The Labute approximate surface area is 244 Å². The Kier molecular flexibility index (Phi) is 8.97. The van der Waals surface area contributed by atoms with Crippen molar-refractivity contribution in [3.63, 3.8) is 0 Å². The summed E-state index contributed by atoms with van der Waals surface area (Å²) in [5, 5.41) is 0.344. The van der Waals surface area contributed by atoms with E-state index in [1.165, 1.54) is 0 Å². The van der Waals surface area contributed by atoms with Crippen molar-refractivity contribution in [3.8, 4) is 23.7 Å². The van der Waals surface area contributed by atoms with Crippen LogP contribution in [0.2, 0.25) is 23.2 Å². The number of carbonyl (C=O) groups excluding carboxylic acids is 2. The molecule has 4 atom stereocenters. The van der Waals surface area contributed by atoms with Crippen LogP contribution in [0.15, 0.2) is 66.7 Å². The fourth-order valence-corrected chi connectivity index (χ4v) is 8.89. The van der Waals surface area contributed by atoms with Crippen molar-refractivity contribution in [2.24, 2.45) is 11.8 Å². The quantitative estimate of drug-likeness (QED) is 0.232. The standard InChI is InChI=1S/C32H33ClO4SeSi/c1-31(2,3)39(4,5)37-27-20-13-8-6-7-10-15-23-22-28(34)32(29(23)27,38-26-18-11-9-12-19-26)36-30(35)24-16-14-17-25(33)21-24/h6,8-9,11-12,14,16-19,21,23,27,29H,15,22H2,1-5H3/b8-6-/t23-,27+,29-,32-/m1/s1. The monoisotopic (exact) mass is 624 g/mol.